The summed E-state index contributed by atoms with van der Waals surface area (Å²) in [6.07, 6.45) is 0. The highest BCUT2D eigenvalue weighted by Crippen LogP contribution is 2.25. The van der Waals surface area contributed by atoms with E-state index >= 15 is 0 Å². The van der Waals surface area contributed by atoms with Gasteiger partial charge in [-0.3, -0.25) is 4.79 Å². The van der Waals surface area contributed by atoms with Gasteiger partial charge in [0.15, 0.2) is 6.61 Å². The molecule has 0 radical (unpaired) electrons. The lowest BCUT2D eigenvalue weighted by atomic mass is 10.1. The predicted molar refractivity (Wildman–Crippen MR) is 82.9 cm³/mol. The third-order valence-electron chi connectivity index (χ3n) is 3.13. The molecule has 110 valence electrons. The van der Waals surface area contributed by atoms with E-state index in [0.717, 1.165) is 16.7 Å². The summed E-state index contributed by atoms with van der Waals surface area (Å²) in [5.41, 5.74) is 3.19. The van der Waals surface area contributed by atoms with Crippen molar-refractivity contribution in [1.82, 2.24) is 0 Å². The Morgan fingerprint density at radius 2 is 1.81 bits per heavy atom. The van der Waals surface area contributed by atoms with Gasteiger partial charge in [0.2, 0.25) is 0 Å². The van der Waals surface area contributed by atoms with Crippen molar-refractivity contribution in [2.45, 2.75) is 20.8 Å². The van der Waals surface area contributed by atoms with Gasteiger partial charge in [0, 0.05) is 5.69 Å². The van der Waals surface area contributed by atoms with E-state index in [1.165, 1.54) is 0 Å². The van der Waals surface area contributed by atoms with Crippen LogP contribution in [0.4, 0.5) is 5.69 Å². The minimum absolute atomic E-state index is 0.0531. The third kappa shape index (κ3) is 3.99. The topological polar surface area (TPSA) is 58.6 Å². The summed E-state index contributed by atoms with van der Waals surface area (Å²) in [5, 5.41) is 12.5. The number of ether oxygens (including phenoxy) is 1. The molecule has 0 atom stereocenters. The summed E-state index contributed by atoms with van der Waals surface area (Å²) >= 11 is 0. The summed E-state index contributed by atoms with van der Waals surface area (Å²) in [4.78, 5) is 11.9. The van der Waals surface area contributed by atoms with Crippen molar-refractivity contribution in [2.24, 2.45) is 0 Å². The molecule has 2 aromatic carbocycles. The van der Waals surface area contributed by atoms with E-state index in [0.29, 0.717) is 11.4 Å². The molecule has 2 rings (SSSR count). The molecule has 0 aliphatic heterocycles. The number of amides is 1. The maximum absolute atomic E-state index is 11.9. The van der Waals surface area contributed by atoms with Crippen molar-refractivity contribution in [3.63, 3.8) is 0 Å². The van der Waals surface area contributed by atoms with Crippen molar-refractivity contribution in [3.05, 3.63) is 53.1 Å². The molecule has 4 heteroatoms. The molecule has 0 heterocycles. The van der Waals surface area contributed by atoms with Gasteiger partial charge in [-0.1, -0.05) is 12.1 Å². The fourth-order valence-electron chi connectivity index (χ4n) is 2.08. The number of hydrogen-bond acceptors (Lipinski definition) is 3. The molecule has 0 aliphatic carbocycles. The molecule has 0 spiro atoms. The molecule has 2 N–H and O–H groups in total. The second-order valence-corrected chi connectivity index (χ2v) is 5.11. The highest BCUT2D eigenvalue weighted by Gasteiger charge is 2.07. The van der Waals surface area contributed by atoms with Gasteiger partial charge in [0.1, 0.15) is 11.5 Å². The summed E-state index contributed by atoms with van der Waals surface area (Å²) in [6.45, 7) is 5.50. The Morgan fingerprint density at radius 1 is 1.14 bits per heavy atom. The Bertz CT molecular complexity index is 642. The number of aryl methyl sites for hydroxylation is 3. The molecule has 2 aromatic rings. The van der Waals surface area contributed by atoms with E-state index in [1.54, 1.807) is 26.0 Å². The number of nitrogens with one attached hydrogen (secondary N) is 1. The van der Waals surface area contributed by atoms with Crippen LogP contribution in [0, 0.1) is 20.8 Å². The summed E-state index contributed by atoms with van der Waals surface area (Å²) < 4.78 is 5.44. The van der Waals surface area contributed by atoms with Crippen LogP contribution < -0.4 is 10.1 Å². The van der Waals surface area contributed by atoms with Crippen LogP contribution in [0.5, 0.6) is 11.5 Å². The Kier molecular flexibility index (Phi) is 4.48. The zero-order valence-corrected chi connectivity index (χ0v) is 12.4. The fraction of sp³-hybridized carbons (Fsp3) is 0.235. The largest absolute Gasteiger partial charge is 0.507 e. The van der Waals surface area contributed by atoms with Gasteiger partial charge in [0.05, 0.1) is 0 Å². The first-order valence-electron chi connectivity index (χ1n) is 6.75. The molecule has 4 nitrogen and oxygen atoms in total. The lowest BCUT2D eigenvalue weighted by Gasteiger charge is -2.10. The van der Waals surface area contributed by atoms with E-state index in [-0.39, 0.29) is 18.3 Å². The lowest BCUT2D eigenvalue weighted by molar-refractivity contribution is -0.118. The van der Waals surface area contributed by atoms with Gasteiger partial charge in [-0.05, 0) is 61.7 Å². The van der Waals surface area contributed by atoms with E-state index in [2.05, 4.69) is 5.32 Å². The number of carbonyl (C=O) groups is 1. The summed E-state index contributed by atoms with van der Waals surface area (Å²) in [6, 6.07) is 11.0. The molecule has 0 aromatic heterocycles. The predicted octanol–water partition coefficient (Wildman–Crippen LogP) is 3.33. The Labute approximate surface area is 124 Å². The zero-order valence-electron chi connectivity index (χ0n) is 12.4. The van der Waals surface area contributed by atoms with E-state index in [4.69, 9.17) is 4.74 Å². The van der Waals surface area contributed by atoms with Crippen LogP contribution in [0.1, 0.15) is 16.7 Å². The van der Waals surface area contributed by atoms with Gasteiger partial charge in [-0.25, -0.2) is 0 Å². The number of phenols is 1. The van der Waals surface area contributed by atoms with Crippen LogP contribution in [0.15, 0.2) is 36.4 Å². The lowest BCUT2D eigenvalue weighted by Crippen LogP contribution is -2.20. The molecular formula is C17H19NO3. The minimum atomic E-state index is -0.235. The van der Waals surface area contributed by atoms with Crippen molar-refractivity contribution in [2.75, 3.05) is 11.9 Å². The Morgan fingerprint density at radius 3 is 2.43 bits per heavy atom. The van der Waals surface area contributed by atoms with Crippen LogP contribution >= 0.6 is 0 Å². The second-order valence-electron chi connectivity index (χ2n) is 5.11. The monoisotopic (exact) mass is 285 g/mol. The van der Waals surface area contributed by atoms with E-state index in [9.17, 15) is 9.90 Å². The van der Waals surface area contributed by atoms with E-state index < -0.39 is 0 Å². The number of benzene rings is 2. The minimum Gasteiger partial charge on any atom is -0.507 e. The van der Waals surface area contributed by atoms with Gasteiger partial charge in [-0.2, -0.15) is 0 Å². The number of hydrogen-bond donors (Lipinski definition) is 2. The molecule has 0 fully saturated rings. The van der Waals surface area contributed by atoms with E-state index in [1.807, 2.05) is 31.2 Å². The molecule has 0 saturated heterocycles. The van der Waals surface area contributed by atoms with Crippen molar-refractivity contribution in [1.29, 1.82) is 0 Å². The smallest absolute Gasteiger partial charge is 0.262 e. The van der Waals surface area contributed by atoms with Crippen LogP contribution in [0.3, 0.4) is 0 Å². The molecule has 0 unspecified atom stereocenters. The van der Waals surface area contributed by atoms with Crippen LogP contribution in [-0.2, 0) is 4.79 Å². The molecule has 0 bridgehead atoms. The molecule has 0 aliphatic rings. The quantitative estimate of drug-likeness (QED) is 0.847. The standard InChI is InChI=1S/C17H19NO3/c1-11-5-4-6-15(7-11)21-10-16(19)18-14-8-12(2)17(20)13(3)9-14/h4-9,20H,10H2,1-3H3,(H,18,19). The first kappa shape index (κ1) is 14.9. The number of anilines is 1. The number of carbonyl (C=O) groups excluding carboxylic acids is 1. The van der Waals surface area contributed by atoms with Crippen molar-refractivity contribution >= 4 is 11.6 Å². The van der Waals surface area contributed by atoms with Gasteiger partial charge in [0.25, 0.3) is 5.91 Å². The Hall–Kier alpha value is -2.49. The van der Waals surface area contributed by atoms with Crippen LogP contribution in [0.25, 0.3) is 0 Å². The highest BCUT2D eigenvalue weighted by atomic mass is 16.5. The number of phenolic OH excluding ortho intramolecular Hbond substituents is 1. The molecule has 0 saturated carbocycles. The summed E-state index contributed by atoms with van der Waals surface area (Å²) in [7, 11) is 0. The average Bonchev–Trinajstić information content (AvgIpc) is 2.42. The maximum Gasteiger partial charge on any atom is 0.262 e. The first-order chi connectivity index (χ1) is 9.95. The Balaban J connectivity index is 1.96. The van der Waals surface area contributed by atoms with Gasteiger partial charge < -0.3 is 15.2 Å². The third-order valence-corrected chi connectivity index (χ3v) is 3.13. The molecular weight excluding hydrogens is 266 g/mol. The zero-order chi connectivity index (χ0) is 15.4. The highest BCUT2D eigenvalue weighted by molar-refractivity contribution is 5.92. The molecule has 21 heavy (non-hydrogen) atoms. The fourth-order valence-corrected chi connectivity index (χ4v) is 2.08. The van der Waals surface area contributed by atoms with Crippen molar-refractivity contribution < 1.29 is 14.6 Å². The maximum atomic E-state index is 11.9. The summed E-state index contributed by atoms with van der Waals surface area (Å²) in [5.74, 6) is 0.688. The first-order valence-corrected chi connectivity index (χ1v) is 6.75. The SMILES string of the molecule is Cc1cccc(OCC(=O)Nc2cc(C)c(O)c(C)c2)c1. The number of rotatable bonds is 4. The van der Waals surface area contributed by atoms with Gasteiger partial charge >= 0.3 is 0 Å². The van der Waals surface area contributed by atoms with Crippen LogP contribution in [-0.4, -0.2) is 17.6 Å². The normalized spacial score (nSPS) is 10.2. The molecule has 1 amide bonds. The van der Waals surface area contributed by atoms with Crippen molar-refractivity contribution in [3.8, 4) is 11.5 Å². The van der Waals surface area contributed by atoms with Gasteiger partial charge in [-0.15, -0.1) is 0 Å². The van der Waals surface area contributed by atoms with Crippen LogP contribution in [0.2, 0.25) is 0 Å². The second kappa shape index (κ2) is 6.31. The average molecular weight is 285 g/mol. The number of aromatic hydroxyl groups is 1.